The fourth-order valence-corrected chi connectivity index (χ4v) is 4.23. The van der Waals surface area contributed by atoms with E-state index in [-0.39, 0.29) is 0 Å². The molecular formula is C19H18N6OS2. The smallest absolute Gasteiger partial charge is 0.226 e. The first kappa shape index (κ1) is 18.6. The van der Waals surface area contributed by atoms with Crippen LogP contribution in [0.5, 0.6) is 0 Å². The predicted molar refractivity (Wildman–Crippen MR) is 110 cm³/mol. The molecule has 1 N–H and O–H groups in total. The highest BCUT2D eigenvalue weighted by molar-refractivity contribution is 8.01. The van der Waals surface area contributed by atoms with E-state index in [1.54, 1.807) is 35.5 Å². The molecule has 0 aliphatic heterocycles. The third kappa shape index (κ3) is 5.14. The number of aryl methyl sites for hydroxylation is 1. The van der Waals surface area contributed by atoms with Crippen molar-refractivity contribution in [2.75, 3.05) is 11.1 Å². The Balaban J connectivity index is 1.20. The van der Waals surface area contributed by atoms with Crippen LogP contribution in [0.1, 0.15) is 17.9 Å². The van der Waals surface area contributed by atoms with E-state index in [0.717, 1.165) is 40.2 Å². The maximum absolute atomic E-state index is 5.32. The van der Waals surface area contributed by atoms with Gasteiger partial charge in [0.2, 0.25) is 16.8 Å². The van der Waals surface area contributed by atoms with Gasteiger partial charge in [-0.25, -0.2) is 0 Å². The minimum absolute atomic E-state index is 0.600. The molecule has 142 valence electrons. The van der Waals surface area contributed by atoms with Gasteiger partial charge in [0.25, 0.3) is 0 Å². The SMILES string of the molecule is c1ccc(CNc2nnc(SCCCc3nc(-c4ccncc4)no3)s2)cc1. The zero-order chi connectivity index (χ0) is 19.0. The molecule has 7 nitrogen and oxygen atoms in total. The Labute approximate surface area is 170 Å². The fraction of sp³-hybridized carbons (Fsp3) is 0.211. The highest BCUT2D eigenvalue weighted by atomic mass is 32.2. The first-order valence-corrected chi connectivity index (χ1v) is 10.6. The second-order valence-electron chi connectivity index (χ2n) is 5.91. The fourth-order valence-electron chi connectivity index (χ4n) is 2.47. The van der Waals surface area contributed by atoms with Gasteiger partial charge in [0.05, 0.1) is 0 Å². The number of pyridine rings is 1. The van der Waals surface area contributed by atoms with Gasteiger partial charge in [-0.2, -0.15) is 4.98 Å². The van der Waals surface area contributed by atoms with Crippen molar-refractivity contribution in [3.05, 3.63) is 66.3 Å². The highest BCUT2D eigenvalue weighted by Crippen LogP contribution is 2.26. The molecule has 3 aromatic heterocycles. The number of nitrogens with zero attached hydrogens (tertiary/aromatic N) is 5. The Bertz CT molecular complexity index is 990. The summed E-state index contributed by atoms with van der Waals surface area (Å²) in [6.07, 6.45) is 5.10. The topological polar surface area (TPSA) is 89.6 Å². The van der Waals surface area contributed by atoms with Gasteiger partial charge in [0, 0.05) is 36.7 Å². The van der Waals surface area contributed by atoms with Gasteiger partial charge in [0.1, 0.15) is 0 Å². The first-order chi connectivity index (χ1) is 13.9. The lowest BCUT2D eigenvalue weighted by atomic mass is 10.2. The zero-order valence-electron chi connectivity index (χ0n) is 15.0. The third-order valence-corrected chi connectivity index (χ3v) is 5.96. The number of rotatable bonds is 9. The quantitative estimate of drug-likeness (QED) is 0.322. The van der Waals surface area contributed by atoms with E-state index in [9.17, 15) is 0 Å². The molecular weight excluding hydrogens is 392 g/mol. The molecule has 0 bridgehead atoms. The van der Waals surface area contributed by atoms with Crippen molar-refractivity contribution in [2.24, 2.45) is 0 Å². The minimum Gasteiger partial charge on any atom is -0.356 e. The lowest BCUT2D eigenvalue weighted by Crippen LogP contribution is -1.98. The molecule has 3 heterocycles. The number of hydrogen-bond donors (Lipinski definition) is 1. The van der Waals surface area contributed by atoms with Crippen molar-refractivity contribution in [1.82, 2.24) is 25.3 Å². The van der Waals surface area contributed by atoms with E-state index < -0.39 is 0 Å². The Kier molecular flexibility index (Phi) is 6.25. The maximum atomic E-state index is 5.32. The van der Waals surface area contributed by atoms with Crippen molar-refractivity contribution < 1.29 is 4.52 Å². The van der Waals surface area contributed by atoms with Gasteiger partial charge in [-0.05, 0) is 24.1 Å². The number of hydrogen-bond acceptors (Lipinski definition) is 9. The minimum atomic E-state index is 0.600. The third-order valence-electron chi connectivity index (χ3n) is 3.86. The molecule has 0 spiro atoms. The summed E-state index contributed by atoms with van der Waals surface area (Å²) in [5.74, 6) is 2.17. The van der Waals surface area contributed by atoms with Gasteiger partial charge in [-0.15, -0.1) is 10.2 Å². The van der Waals surface area contributed by atoms with Crippen molar-refractivity contribution in [3.63, 3.8) is 0 Å². The number of thioether (sulfide) groups is 1. The molecule has 0 saturated heterocycles. The summed E-state index contributed by atoms with van der Waals surface area (Å²) in [6, 6.07) is 14.0. The Morgan fingerprint density at radius 1 is 1.04 bits per heavy atom. The van der Waals surface area contributed by atoms with Crippen molar-refractivity contribution in [1.29, 1.82) is 0 Å². The van der Waals surface area contributed by atoms with Gasteiger partial charge in [-0.1, -0.05) is 58.6 Å². The number of benzene rings is 1. The largest absolute Gasteiger partial charge is 0.356 e. The van der Waals surface area contributed by atoms with Crippen molar-refractivity contribution in [3.8, 4) is 11.4 Å². The molecule has 0 aliphatic carbocycles. The normalized spacial score (nSPS) is 10.9. The number of aromatic nitrogens is 5. The average Bonchev–Trinajstić information content (AvgIpc) is 3.41. The second kappa shape index (κ2) is 9.43. The molecule has 0 radical (unpaired) electrons. The van der Waals surface area contributed by atoms with Crippen LogP contribution in [0.25, 0.3) is 11.4 Å². The zero-order valence-corrected chi connectivity index (χ0v) is 16.6. The van der Waals surface area contributed by atoms with E-state index in [1.165, 1.54) is 5.56 Å². The van der Waals surface area contributed by atoms with E-state index in [0.29, 0.717) is 11.7 Å². The van der Waals surface area contributed by atoms with Crippen LogP contribution in [-0.4, -0.2) is 31.1 Å². The molecule has 0 atom stereocenters. The molecule has 0 aliphatic rings. The summed E-state index contributed by atoms with van der Waals surface area (Å²) in [5.41, 5.74) is 2.13. The summed E-state index contributed by atoms with van der Waals surface area (Å²) in [4.78, 5) is 8.42. The van der Waals surface area contributed by atoms with E-state index in [1.807, 2.05) is 30.3 Å². The van der Waals surface area contributed by atoms with Crippen LogP contribution in [0.2, 0.25) is 0 Å². The van der Waals surface area contributed by atoms with Gasteiger partial charge >= 0.3 is 0 Å². The predicted octanol–water partition coefficient (Wildman–Crippen LogP) is 4.32. The van der Waals surface area contributed by atoms with E-state index in [2.05, 4.69) is 42.8 Å². The Morgan fingerprint density at radius 3 is 2.75 bits per heavy atom. The van der Waals surface area contributed by atoms with Gasteiger partial charge < -0.3 is 9.84 Å². The lowest BCUT2D eigenvalue weighted by Gasteiger charge is -2.00. The Morgan fingerprint density at radius 2 is 1.89 bits per heavy atom. The van der Waals surface area contributed by atoms with Gasteiger partial charge in [0.15, 0.2) is 4.34 Å². The van der Waals surface area contributed by atoms with Crippen LogP contribution >= 0.6 is 23.1 Å². The Hall–Kier alpha value is -2.78. The summed E-state index contributed by atoms with van der Waals surface area (Å²) in [6.45, 7) is 0.747. The van der Waals surface area contributed by atoms with Crippen LogP contribution in [0.4, 0.5) is 5.13 Å². The van der Waals surface area contributed by atoms with Crippen LogP contribution in [0.15, 0.2) is 63.7 Å². The van der Waals surface area contributed by atoms with Crippen LogP contribution in [0, 0.1) is 0 Å². The molecule has 0 fully saturated rings. The summed E-state index contributed by atoms with van der Waals surface area (Å²) >= 11 is 3.26. The average molecular weight is 411 g/mol. The lowest BCUT2D eigenvalue weighted by molar-refractivity contribution is 0.378. The summed E-state index contributed by atoms with van der Waals surface area (Å²) in [7, 11) is 0. The van der Waals surface area contributed by atoms with Crippen LogP contribution in [0.3, 0.4) is 0 Å². The number of nitrogens with one attached hydrogen (secondary N) is 1. The molecule has 1 aromatic carbocycles. The van der Waals surface area contributed by atoms with Crippen molar-refractivity contribution in [2.45, 2.75) is 23.7 Å². The number of anilines is 1. The molecule has 0 amide bonds. The van der Waals surface area contributed by atoms with Crippen LogP contribution < -0.4 is 5.32 Å². The molecule has 9 heteroatoms. The van der Waals surface area contributed by atoms with Crippen molar-refractivity contribution >= 4 is 28.2 Å². The molecule has 4 rings (SSSR count). The second-order valence-corrected chi connectivity index (χ2v) is 8.23. The first-order valence-electron chi connectivity index (χ1n) is 8.84. The van der Waals surface area contributed by atoms with Crippen LogP contribution in [-0.2, 0) is 13.0 Å². The van der Waals surface area contributed by atoms with E-state index in [4.69, 9.17) is 4.52 Å². The summed E-state index contributed by atoms with van der Waals surface area (Å²) in [5, 5.41) is 16.6. The summed E-state index contributed by atoms with van der Waals surface area (Å²) < 4.78 is 6.28. The molecule has 28 heavy (non-hydrogen) atoms. The maximum Gasteiger partial charge on any atom is 0.226 e. The monoisotopic (exact) mass is 410 g/mol. The molecule has 0 unspecified atom stereocenters. The van der Waals surface area contributed by atoms with Gasteiger partial charge in [-0.3, -0.25) is 4.98 Å². The molecule has 4 aromatic rings. The standard InChI is InChI=1S/C19H18N6OS2/c1-2-5-14(6-3-1)13-21-18-23-24-19(28-18)27-12-4-7-16-22-17(25-26-16)15-8-10-20-11-9-15/h1-3,5-6,8-11H,4,7,12-13H2,(H,21,23). The molecule has 0 saturated carbocycles. The van der Waals surface area contributed by atoms with E-state index >= 15 is 0 Å². The highest BCUT2D eigenvalue weighted by Gasteiger charge is 2.09.